The van der Waals surface area contributed by atoms with Crippen molar-refractivity contribution in [1.29, 1.82) is 0 Å². The van der Waals surface area contributed by atoms with E-state index >= 15 is 0 Å². The molecular weight excluding hydrogens is 562 g/mol. The van der Waals surface area contributed by atoms with Gasteiger partial charge in [-0.2, -0.15) is 0 Å². The Balaban J connectivity index is 1.75. The van der Waals surface area contributed by atoms with Gasteiger partial charge in [0.25, 0.3) is 11.8 Å². The minimum absolute atomic E-state index is 0.0925. The van der Waals surface area contributed by atoms with E-state index in [1.807, 2.05) is 37.9 Å². The number of anilines is 1. The lowest BCUT2D eigenvalue weighted by atomic mass is 10.1. The standard InChI is InChI=1S/C32H47N7O5/c1-22(2)39(31(43)44-32(4,5)6)16-15-34-28(40)20-37(27-17-24(14-13-23(27)3)30(42)35-33-7)21-29(41)36(8)38-18-25-11-9-10-12-26(25)19-38/h9-14,17,22,33H,15-16,18-21H2,1-8H3,(H,34,40)(H,35,42). The van der Waals surface area contributed by atoms with Gasteiger partial charge in [0.15, 0.2) is 0 Å². The van der Waals surface area contributed by atoms with Gasteiger partial charge in [-0.3, -0.25) is 24.8 Å². The number of hydrogen-bond acceptors (Lipinski definition) is 8. The van der Waals surface area contributed by atoms with Gasteiger partial charge in [0.05, 0.1) is 13.1 Å². The van der Waals surface area contributed by atoms with E-state index in [1.165, 1.54) is 11.1 Å². The number of amides is 4. The van der Waals surface area contributed by atoms with Crippen LogP contribution in [0.4, 0.5) is 10.5 Å². The molecule has 2 aromatic rings. The molecule has 0 aliphatic carbocycles. The topological polar surface area (TPSA) is 127 Å². The number of hydrazine groups is 2. The summed E-state index contributed by atoms with van der Waals surface area (Å²) in [5.74, 6) is -0.871. The van der Waals surface area contributed by atoms with Crippen molar-refractivity contribution in [3.8, 4) is 0 Å². The lowest BCUT2D eigenvalue weighted by Crippen LogP contribution is -2.49. The summed E-state index contributed by atoms with van der Waals surface area (Å²) in [6.45, 7) is 12.5. The van der Waals surface area contributed by atoms with Gasteiger partial charge in [-0.15, -0.1) is 0 Å². The van der Waals surface area contributed by atoms with Gasteiger partial charge >= 0.3 is 6.09 Å². The summed E-state index contributed by atoms with van der Waals surface area (Å²) in [5, 5.41) is 6.44. The van der Waals surface area contributed by atoms with E-state index in [4.69, 9.17) is 4.74 Å². The predicted molar refractivity (Wildman–Crippen MR) is 169 cm³/mol. The van der Waals surface area contributed by atoms with Gasteiger partial charge in [0, 0.05) is 57.6 Å². The summed E-state index contributed by atoms with van der Waals surface area (Å²) < 4.78 is 5.51. The number of rotatable bonds is 12. The highest BCUT2D eigenvalue weighted by atomic mass is 16.6. The number of hydrogen-bond donors (Lipinski definition) is 3. The van der Waals surface area contributed by atoms with Crippen molar-refractivity contribution in [3.05, 3.63) is 64.7 Å². The monoisotopic (exact) mass is 609 g/mol. The second-order valence-electron chi connectivity index (χ2n) is 12.2. The Bertz CT molecular complexity index is 1320. The summed E-state index contributed by atoms with van der Waals surface area (Å²) in [7, 11) is 3.32. The number of benzene rings is 2. The molecule has 3 rings (SSSR count). The van der Waals surface area contributed by atoms with Gasteiger partial charge in [-0.1, -0.05) is 30.3 Å². The average Bonchev–Trinajstić information content (AvgIpc) is 3.38. The third-order valence-electron chi connectivity index (χ3n) is 7.25. The van der Waals surface area contributed by atoms with Crippen molar-refractivity contribution in [2.24, 2.45) is 0 Å². The quantitative estimate of drug-likeness (QED) is 0.314. The molecule has 0 fully saturated rings. The van der Waals surface area contributed by atoms with Crippen molar-refractivity contribution >= 4 is 29.5 Å². The predicted octanol–water partition coefficient (Wildman–Crippen LogP) is 2.82. The van der Waals surface area contributed by atoms with Crippen LogP contribution in [0.2, 0.25) is 0 Å². The molecule has 0 unspecified atom stereocenters. The van der Waals surface area contributed by atoms with E-state index in [1.54, 1.807) is 67.9 Å². The normalized spacial score (nSPS) is 12.8. The highest BCUT2D eigenvalue weighted by Crippen LogP contribution is 2.25. The van der Waals surface area contributed by atoms with Crippen molar-refractivity contribution in [2.75, 3.05) is 45.2 Å². The molecule has 1 aliphatic rings. The zero-order valence-electron chi connectivity index (χ0n) is 27.2. The number of nitrogens with one attached hydrogen (secondary N) is 3. The number of likely N-dealkylation sites (N-methyl/N-ethyl adjacent to an activating group) is 1. The van der Waals surface area contributed by atoms with E-state index in [0.29, 0.717) is 24.3 Å². The first-order chi connectivity index (χ1) is 20.7. The molecule has 0 saturated heterocycles. The fraction of sp³-hybridized carbons (Fsp3) is 0.500. The third-order valence-corrected chi connectivity index (χ3v) is 7.25. The molecule has 2 aromatic carbocycles. The number of carbonyl (C=O) groups excluding carboxylic acids is 4. The molecule has 0 spiro atoms. The molecule has 1 heterocycles. The second kappa shape index (κ2) is 15.0. The number of ether oxygens (including phenoxy) is 1. The van der Waals surface area contributed by atoms with Gasteiger partial charge in [0.1, 0.15) is 5.60 Å². The Morgan fingerprint density at radius 2 is 1.64 bits per heavy atom. The molecule has 0 bridgehead atoms. The Labute approximate surface area is 260 Å². The van der Waals surface area contributed by atoms with Gasteiger partial charge in [-0.05, 0) is 70.4 Å². The highest BCUT2D eigenvalue weighted by molar-refractivity contribution is 5.95. The van der Waals surface area contributed by atoms with E-state index in [2.05, 4.69) is 28.3 Å². The largest absolute Gasteiger partial charge is 0.444 e. The van der Waals surface area contributed by atoms with Gasteiger partial charge in [0.2, 0.25) is 5.91 Å². The molecule has 44 heavy (non-hydrogen) atoms. The Morgan fingerprint density at radius 1 is 1.00 bits per heavy atom. The molecular formula is C32H47N7O5. The van der Waals surface area contributed by atoms with Crippen LogP contribution in [0.1, 0.15) is 61.7 Å². The summed E-state index contributed by atoms with van der Waals surface area (Å²) >= 11 is 0. The van der Waals surface area contributed by atoms with E-state index in [-0.39, 0.29) is 49.9 Å². The minimum atomic E-state index is -0.637. The summed E-state index contributed by atoms with van der Waals surface area (Å²) in [6.07, 6.45) is -0.451. The van der Waals surface area contributed by atoms with Crippen LogP contribution in [0.5, 0.6) is 0 Å². The van der Waals surface area contributed by atoms with Gasteiger partial charge in [-0.25, -0.2) is 15.2 Å². The molecule has 0 radical (unpaired) electrons. The van der Waals surface area contributed by atoms with Crippen molar-refractivity contribution < 1.29 is 23.9 Å². The lowest BCUT2D eigenvalue weighted by molar-refractivity contribution is -0.145. The van der Waals surface area contributed by atoms with E-state index in [0.717, 1.165) is 5.56 Å². The highest BCUT2D eigenvalue weighted by Gasteiger charge is 2.28. The number of nitrogens with zero attached hydrogens (tertiary/aromatic N) is 4. The second-order valence-corrected chi connectivity index (χ2v) is 12.2. The third kappa shape index (κ3) is 9.42. The van der Waals surface area contributed by atoms with Crippen LogP contribution in [-0.4, -0.2) is 90.6 Å². The maximum atomic E-state index is 13.6. The maximum Gasteiger partial charge on any atom is 0.410 e. The lowest BCUT2D eigenvalue weighted by Gasteiger charge is -2.32. The van der Waals surface area contributed by atoms with Crippen molar-refractivity contribution in [3.63, 3.8) is 0 Å². The fourth-order valence-electron chi connectivity index (χ4n) is 4.88. The first kappa shape index (κ1) is 34.3. The fourth-order valence-corrected chi connectivity index (χ4v) is 4.88. The Morgan fingerprint density at radius 3 is 2.20 bits per heavy atom. The zero-order valence-corrected chi connectivity index (χ0v) is 27.2. The number of carbonyl (C=O) groups is 4. The smallest absolute Gasteiger partial charge is 0.410 e. The van der Waals surface area contributed by atoms with Crippen LogP contribution in [0.25, 0.3) is 0 Å². The van der Waals surface area contributed by atoms with Gasteiger partial charge < -0.3 is 19.9 Å². The Kier molecular flexibility index (Phi) is 11.7. The number of fused-ring (bicyclic) bond motifs is 1. The first-order valence-corrected chi connectivity index (χ1v) is 14.9. The first-order valence-electron chi connectivity index (χ1n) is 14.9. The maximum absolute atomic E-state index is 13.6. The molecule has 240 valence electrons. The SMILES string of the molecule is CNNC(=O)c1ccc(C)c(N(CC(=O)NCCN(C(=O)OC(C)(C)C)C(C)C)CC(=O)N(C)N2Cc3ccccc3C2)c1. The van der Waals surface area contributed by atoms with Crippen LogP contribution in [0, 0.1) is 6.92 Å². The van der Waals surface area contributed by atoms with Crippen LogP contribution in [0.3, 0.4) is 0 Å². The summed E-state index contributed by atoms with van der Waals surface area (Å²) in [5.41, 5.74) is 8.66. The number of aryl methyl sites for hydroxylation is 1. The molecule has 12 nitrogen and oxygen atoms in total. The van der Waals surface area contributed by atoms with E-state index < -0.39 is 11.7 Å². The molecule has 12 heteroatoms. The van der Waals surface area contributed by atoms with Crippen LogP contribution in [0.15, 0.2) is 42.5 Å². The van der Waals surface area contributed by atoms with Crippen LogP contribution in [-0.2, 0) is 27.4 Å². The Hall–Kier alpha value is -4.16. The van der Waals surface area contributed by atoms with Crippen LogP contribution < -0.4 is 21.1 Å². The molecule has 4 amide bonds. The molecule has 0 saturated carbocycles. The molecule has 0 aromatic heterocycles. The van der Waals surface area contributed by atoms with Crippen molar-refractivity contribution in [2.45, 2.75) is 66.3 Å². The van der Waals surface area contributed by atoms with E-state index in [9.17, 15) is 19.2 Å². The van der Waals surface area contributed by atoms with Crippen molar-refractivity contribution in [1.82, 2.24) is 31.1 Å². The molecule has 1 aliphatic heterocycles. The average molecular weight is 610 g/mol. The molecule has 3 N–H and O–H groups in total. The minimum Gasteiger partial charge on any atom is -0.444 e. The molecule has 0 atom stereocenters. The van der Waals surface area contributed by atoms with Crippen LogP contribution >= 0.6 is 0 Å². The summed E-state index contributed by atoms with van der Waals surface area (Å²) in [6, 6.07) is 13.1. The summed E-state index contributed by atoms with van der Waals surface area (Å²) in [4.78, 5) is 55.3. The zero-order chi connectivity index (χ0) is 32.6.